The van der Waals surface area contributed by atoms with Gasteiger partial charge in [0.05, 0.1) is 0 Å². The maximum Gasteiger partial charge on any atom is 0.0454 e. The third kappa shape index (κ3) is 4.11. The van der Waals surface area contributed by atoms with Crippen LogP contribution in [0.4, 0.5) is 0 Å². The number of hydrogen-bond donors (Lipinski definition) is 0. The highest BCUT2D eigenvalue weighted by Crippen LogP contribution is 2.45. The SMILES string of the molecule is CN1CCN(CCCN2CC(c3cncc(-c4ccc(Cl)cc4)c3)=C3C=C32)CC1. The van der Waals surface area contributed by atoms with E-state index in [1.807, 2.05) is 24.5 Å². The molecule has 2 aromatic rings. The predicted molar refractivity (Wildman–Crippen MR) is 120 cm³/mol. The summed E-state index contributed by atoms with van der Waals surface area (Å²) in [4.78, 5) is 12.1. The van der Waals surface area contributed by atoms with Crippen LogP contribution in [0.3, 0.4) is 0 Å². The zero-order valence-corrected chi connectivity index (χ0v) is 17.7. The topological polar surface area (TPSA) is 22.6 Å². The zero-order chi connectivity index (χ0) is 19.8. The van der Waals surface area contributed by atoms with Gasteiger partial charge in [0.15, 0.2) is 0 Å². The lowest BCUT2D eigenvalue weighted by Gasteiger charge is -2.32. The molecule has 0 N–H and O–H groups in total. The zero-order valence-electron chi connectivity index (χ0n) is 16.9. The first-order valence-corrected chi connectivity index (χ1v) is 10.9. The lowest BCUT2D eigenvalue weighted by Crippen LogP contribution is -2.45. The predicted octanol–water partition coefficient (Wildman–Crippen LogP) is 4.01. The number of piperazine rings is 1. The van der Waals surface area contributed by atoms with E-state index in [1.54, 1.807) is 0 Å². The fourth-order valence-electron chi connectivity index (χ4n) is 4.37. The molecule has 0 bridgehead atoms. The molecule has 0 saturated carbocycles. The normalized spacial score (nSPS) is 19.5. The van der Waals surface area contributed by atoms with E-state index < -0.39 is 0 Å². The van der Waals surface area contributed by atoms with Crippen molar-refractivity contribution in [3.8, 4) is 11.1 Å². The van der Waals surface area contributed by atoms with E-state index in [4.69, 9.17) is 11.6 Å². The number of pyridine rings is 1. The van der Waals surface area contributed by atoms with Crippen LogP contribution in [-0.4, -0.2) is 72.5 Å². The van der Waals surface area contributed by atoms with Gasteiger partial charge in [0.1, 0.15) is 0 Å². The minimum absolute atomic E-state index is 0.762. The minimum atomic E-state index is 0.762. The summed E-state index contributed by atoms with van der Waals surface area (Å²) in [7, 11) is 2.21. The van der Waals surface area contributed by atoms with E-state index in [1.165, 1.54) is 61.6 Å². The minimum Gasteiger partial charge on any atom is -0.367 e. The summed E-state index contributed by atoms with van der Waals surface area (Å²) in [5.41, 5.74) is 7.82. The molecule has 29 heavy (non-hydrogen) atoms. The molecule has 1 aromatic heterocycles. The smallest absolute Gasteiger partial charge is 0.0454 e. The Morgan fingerprint density at radius 2 is 1.69 bits per heavy atom. The van der Waals surface area contributed by atoms with Crippen LogP contribution in [0.5, 0.6) is 0 Å². The number of fused-ring (bicyclic) bond motifs is 1. The van der Waals surface area contributed by atoms with Crippen molar-refractivity contribution in [2.45, 2.75) is 6.42 Å². The van der Waals surface area contributed by atoms with E-state index in [-0.39, 0.29) is 0 Å². The molecular formula is C24H27ClN4. The number of likely N-dealkylation sites (N-methyl/N-ethyl adjacent to an activating group) is 1. The van der Waals surface area contributed by atoms with Crippen LogP contribution in [-0.2, 0) is 0 Å². The van der Waals surface area contributed by atoms with Crippen molar-refractivity contribution in [1.29, 1.82) is 0 Å². The van der Waals surface area contributed by atoms with Crippen LogP contribution in [0.2, 0.25) is 5.02 Å². The maximum atomic E-state index is 6.03. The van der Waals surface area contributed by atoms with Gasteiger partial charge < -0.3 is 14.7 Å². The summed E-state index contributed by atoms with van der Waals surface area (Å²) in [5, 5.41) is 0.762. The van der Waals surface area contributed by atoms with Gasteiger partial charge in [-0.2, -0.15) is 0 Å². The molecule has 1 fully saturated rings. The Balaban J connectivity index is 1.20. The molecule has 3 aliphatic rings. The lowest BCUT2D eigenvalue weighted by molar-refractivity contribution is 0.150. The van der Waals surface area contributed by atoms with Gasteiger partial charge in [0.25, 0.3) is 0 Å². The molecule has 0 spiro atoms. The molecule has 0 atom stereocenters. The monoisotopic (exact) mass is 406 g/mol. The summed E-state index contributed by atoms with van der Waals surface area (Å²) >= 11 is 6.03. The Hall–Kier alpha value is -2.14. The quantitative estimate of drug-likeness (QED) is 0.723. The van der Waals surface area contributed by atoms with Crippen LogP contribution in [0.15, 0.2) is 60.1 Å². The van der Waals surface area contributed by atoms with Crippen LogP contribution in [0, 0.1) is 0 Å². The molecule has 3 heterocycles. The number of halogens is 1. The average molecular weight is 407 g/mol. The first kappa shape index (κ1) is 18.9. The first-order valence-electron chi connectivity index (χ1n) is 10.5. The Morgan fingerprint density at radius 3 is 2.48 bits per heavy atom. The highest BCUT2D eigenvalue weighted by Gasteiger charge is 2.34. The standard InChI is InChI=1S/C24H27ClN4/c1-27-9-11-28(12-10-27)7-2-8-29-17-23(22-14-24(22)29)20-13-19(15-26-16-20)18-3-5-21(25)6-4-18/h3-6,13-16H,2,7-12,17H2,1H3. The molecule has 0 radical (unpaired) electrons. The van der Waals surface area contributed by atoms with E-state index in [2.05, 4.69) is 51.0 Å². The lowest BCUT2D eigenvalue weighted by atomic mass is 10.0. The molecular weight excluding hydrogens is 380 g/mol. The molecule has 5 rings (SSSR count). The molecule has 5 heteroatoms. The number of benzene rings is 1. The number of rotatable bonds is 6. The fourth-order valence-corrected chi connectivity index (χ4v) is 4.50. The van der Waals surface area contributed by atoms with Crippen LogP contribution < -0.4 is 0 Å². The van der Waals surface area contributed by atoms with Gasteiger partial charge in [-0.3, -0.25) is 4.98 Å². The second-order valence-corrected chi connectivity index (χ2v) is 8.75. The van der Waals surface area contributed by atoms with E-state index in [0.29, 0.717) is 0 Å². The average Bonchev–Trinajstić information content (AvgIpc) is 3.46. The van der Waals surface area contributed by atoms with Gasteiger partial charge in [0, 0.05) is 73.5 Å². The third-order valence-electron chi connectivity index (χ3n) is 6.25. The molecule has 4 nitrogen and oxygen atoms in total. The molecule has 0 unspecified atom stereocenters. The van der Waals surface area contributed by atoms with Crippen molar-refractivity contribution in [2.24, 2.45) is 0 Å². The Bertz CT molecular complexity index is 955. The van der Waals surface area contributed by atoms with Crippen molar-refractivity contribution in [1.82, 2.24) is 19.7 Å². The van der Waals surface area contributed by atoms with Crippen molar-refractivity contribution in [2.75, 3.05) is 52.9 Å². The number of nitrogens with zero attached hydrogens (tertiary/aromatic N) is 4. The third-order valence-corrected chi connectivity index (χ3v) is 6.50. The van der Waals surface area contributed by atoms with E-state index >= 15 is 0 Å². The van der Waals surface area contributed by atoms with Crippen LogP contribution in [0.1, 0.15) is 12.0 Å². The van der Waals surface area contributed by atoms with Gasteiger partial charge in [-0.05, 0) is 61.0 Å². The largest absolute Gasteiger partial charge is 0.367 e. The van der Waals surface area contributed by atoms with Crippen molar-refractivity contribution >= 4 is 17.2 Å². The van der Waals surface area contributed by atoms with Gasteiger partial charge in [0.2, 0.25) is 0 Å². The number of aromatic nitrogens is 1. The summed E-state index contributed by atoms with van der Waals surface area (Å²) in [6.07, 6.45) is 7.48. The van der Waals surface area contributed by atoms with Gasteiger partial charge >= 0.3 is 0 Å². The molecule has 1 aliphatic carbocycles. The van der Waals surface area contributed by atoms with Gasteiger partial charge in [-0.1, -0.05) is 23.7 Å². The highest BCUT2D eigenvalue weighted by atomic mass is 35.5. The Kier molecular flexibility index (Phi) is 5.17. The van der Waals surface area contributed by atoms with E-state index in [9.17, 15) is 0 Å². The Morgan fingerprint density at radius 1 is 0.931 bits per heavy atom. The van der Waals surface area contributed by atoms with Gasteiger partial charge in [-0.15, -0.1) is 0 Å². The summed E-state index contributed by atoms with van der Waals surface area (Å²) < 4.78 is 0. The molecule has 1 aromatic carbocycles. The molecule has 1 saturated heterocycles. The second kappa shape index (κ2) is 7.94. The summed E-state index contributed by atoms with van der Waals surface area (Å²) in [6, 6.07) is 10.2. The maximum absolute atomic E-state index is 6.03. The van der Waals surface area contributed by atoms with Crippen molar-refractivity contribution in [3.05, 3.63) is 70.7 Å². The first-order chi connectivity index (χ1) is 14.2. The fraction of sp³-hybridized carbons (Fsp3) is 0.375. The van der Waals surface area contributed by atoms with Crippen molar-refractivity contribution < 1.29 is 0 Å². The molecule has 0 amide bonds. The number of allylic oxidation sites excluding steroid dienone is 2. The second-order valence-electron chi connectivity index (χ2n) is 8.31. The van der Waals surface area contributed by atoms with Crippen molar-refractivity contribution in [3.63, 3.8) is 0 Å². The van der Waals surface area contributed by atoms with E-state index in [0.717, 1.165) is 29.2 Å². The summed E-state index contributed by atoms with van der Waals surface area (Å²) in [6.45, 7) is 8.15. The summed E-state index contributed by atoms with van der Waals surface area (Å²) in [5.74, 6) is 0. The van der Waals surface area contributed by atoms with Gasteiger partial charge in [-0.25, -0.2) is 0 Å². The molecule has 2 aliphatic heterocycles. The van der Waals surface area contributed by atoms with Crippen LogP contribution >= 0.6 is 11.6 Å². The molecule has 150 valence electrons. The number of hydrogen-bond acceptors (Lipinski definition) is 4. The van der Waals surface area contributed by atoms with Crippen LogP contribution in [0.25, 0.3) is 16.7 Å². The Labute approximate surface area is 178 Å². The highest BCUT2D eigenvalue weighted by molar-refractivity contribution is 6.30.